The van der Waals surface area contributed by atoms with Crippen LogP contribution in [-0.4, -0.2) is 13.7 Å². The van der Waals surface area contributed by atoms with E-state index in [-0.39, 0.29) is 11.2 Å². The molecular weight excluding hydrogens is 360 g/mol. The molecule has 1 aromatic rings. The van der Waals surface area contributed by atoms with Gasteiger partial charge in [0.05, 0.1) is 0 Å². The Bertz CT molecular complexity index is 835. The fourth-order valence-corrected chi connectivity index (χ4v) is 4.34. The summed E-state index contributed by atoms with van der Waals surface area (Å²) in [6.45, 7) is 4.94. The second kappa shape index (κ2) is 6.34. The highest BCUT2D eigenvalue weighted by Crippen LogP contribution is 2.41. The van der Waals surface area contributed by atoms with Crippen LogP contribution in [0.15, 0.2) is 19.6 Å². The Hall–Kier alpha value is -1.24. The Kier molecular flexibility index (Phi) is 4.58. The lowest BCUT2D eigenvalue weighted by molar-refractivity contribution is 0.412. The maximum atomic E-state index is 12.7. The Morgan fingerprint density at radius 1 is 1.09 bits per heavy atom. The second-order valence-electron chi connectivity index (χ2n) is 6.40. The number of hydrogen-bond donors (Lipinski definition) is 0. The summed E-state index contributed by atoms with van der Waals surface area (Å²) in [5.41, 5.74) is -0.111. The van der Waals surface area contributed by atoms with Crippen LogP contribution in [0.1, 0.15) is 52.4 Å². The highest BCUT2D eigenvalue weighted by Gasteiger charge is 2.40. The van der Waals surface area contributed by atoms with Gasteiger partial charge in [-0.25, -0.2) is 14.8 Å². The second-order valence-corrected chi connectivity index (χ2v) is 7.57. The molecule has 126 valence electrons. The molecule has 3 rings (SSSR count). The summed E-state index contributed by atoms with van der Waals surface area (Å²) in [5, 5.41) is 0.343. The van der Waals surface area contributed by atoms with Gasteiger partial charge in [-0.3, -0.25) is 13.9 Å². The molecule has 0 radical (unpaired) electrons. The minimum absolute atomic E-state index is 0.264. The summed E-state index contributed by atoms with van der Waals surface area (Å²) in [4.78, 5) is 34.7. The Labute approximate surface area is 143 Å². The Morgan fingerprint density at radius 3 is 2.30 bits per heavy atom. The van der Waals surface area contributed by atoms with Gasteiger partial charge < -0.3 is 0 Å². The predicted octanol–water partition coefficient (Wildman–Crippen LogP) is 1.32. The van der Waals surface area contributed by atoms with Gasteiger partial charge in [-0.05, 0) is 41.6 Å². The van der Waals surface area contributed by atoms with Crippen LogP contribution >= 0.6 is 15.9 Å². The van der Waals surface area contributed by atoms with E-state index in [1.807, 2.05) is 13.8 Å². The molecule has 1 fully saturated rings. The molecule has 1 aliphatic heterocycles. The van der Waals surface area contributed by atoms with Crippen molar-refractivity contribution in [1.82, 2.24) is 9.13 Å². The smallest absolute Gasteiger partial charge is 0.276 e. The molecule has 1 aliphatic carbocycles. The average molecular weight is 383 g/mol. The van der Waals surface area contributed by atoms with Crippen molar-refractivity contribution in [3.05, 3.63) is 31.7 Å². The van der Waals surface area contributed by atoms with E-state index in [0.29, 0.717) is 29.9 Å². The third-order valence-corrected chi connectivity index (χ3v) is 5.68. The fraction of sp³-hybridized carbons (Fsp3) is 0.750. The van der Waals surface area contributed by atoms with Gasteiger partial charge in [-0.1, -0.05) is 26.7 Å². The lowest BCUT2D eigenvalue weighted by Gasteiger charge is -2.22. The normalized spacial score (nSPS) is 23.6. The fourth-order valence-electron chi connectivity index (χ4n) is 3.54. The highest BCUT2D eigenvalue weighted by molar-refractivity contribution is 9.10. The van der Waals surface area contributed by atoms with Crippen LogP contribution in [0.5, 0.6) is 0 Å². The molecule has 0 amide bonds. The van der Waals surface area contributed by atoms with Gasteiger partial charge in [0.2, 0.25) is 4.57 Å². The largest absolute Gasteiger partial charge is 0.332 e. The maximum absolute atomic E-state index is 12.7. The molecule has 0 saturated heterocycles. The standard InChI is InChI=1S/C16H23BrN4O2/c1-3-9-20-13-12(14(22)21(10-4-2)15(20)23)18-16(17,19-13)11-7-5-6-8-11/h11H,3-10H2,1-2H3. The molecule has 1 atom stereocenters. The van der Waals surface area contributed by atoms with E-state index in [9.17, 15) is 9.59 Å². The van der Waals surface area contributed by atoms with E-state index in [4.69, 9.17) is 4.99 Å². The van der Waals surface area contributed by atoms with Crippen molar-refractivity contribution in [2.45, 2.75) is 70.0 Å². The Balaban J connectivity index is 2.27. The summed E-state index contributed by atoms with van der Waals surface area (Å²) in [5.74, 6) is 0.291. The van der Waals surface area contributed by atoms with Crippen molar-refractivity contribution in [3.63, 3.8) is 0 Å². The van der Waals surface area contributed by atoms with Gasteiger partial charge in [-0.15, -0.1) is 0 Å². The predicted molar refractivity (Wildman–Crippen MR) is 91.5 cm³/mol. The van der Waals surface area contributed by atoms with E-state index in [1.54, 1.807) is 4.57 Å². The van der Waals surface area contributed by atoms with Gasteiger partial charge in [0.1, 0.15) is 0 Å². The highest BCUT2D eigenvalue weighted by atomic mass is 79.9. The minimum atomic E-state index is -0.766. The molecule has 0 spiro atoms. The molecule has 0 aromatic carbocycles. The van der Waals surface area contributed by atoms with Crippen LogP contribution in [0.2, 0.25) is 0 Å². The van der Waals surface area contributed by atoms with Gasteiger partial charge in [0.15, 0.2) is 10.8 Å². The molecule has 2 aliphatic rings. The van der Waals surface area contributed by atoms with Gasteiger partial charge in [0.25, 0.3) is 5.56 Å². The molecule has 0 N–H and O–H groups in total. The summed E-state index contributed by atoms with van der Waals surface area (Å²) < 4.78 is 2.16. The van der Waals surface area contributed by atoms with Crippen molar-refractivity contribution in [2.24, 2.45) is 15.9 Å². The Morgan fingerprint density at radius 2 is 1.70 bits per heavy atom. The number of alkyl halides is 1. The first-order chi connectivity index (χ1) is 11.0. The first-order valence-electron chi connectivity index (χ1n) is 8.54. The third-order valence-electron chi connectivity index (χ3n) is 4.68. The molecule has 1 unspecified atom stereocenters. The van der Waals surface area contributed by atoms with Crippen LogP contribution in [-0.2, 0) is 13.1 Å². The van der Waals surface area contributed by atoms with Crippen LogP contribution < -0.4 is 22.1 Å². The molecular formula is C16H23BrN4O2. The number of nitrogens with zero attached hydrogens (tertiary/aromatic N) is 4. The minimum Gasteiger partial charge on any atom is -0.276 e. The van der Waals surface area contributed by atoms with E-state index in [1.165, 1.54) is 17.4 Å². The topological polar surface area (TPSA) is 68.7 Å². The molecule has 1 aromatic heterocycles. The van der Waals surface area contributed by atoms with E-state index in [2.05, 4.69) is 20.9 Å². The maximum Gasteiger partial charge on any atom is 0.332 e. The monoisotopic (exact) mass is 382 g/mol. The van der Waals surface area contributed by atoms with Crippen LogP contribution in [0.3, 0.4) is 0 Å². The van der Waals surface area contributed by atoms with Gasteiger partial charge in [0, 0.05) is 19.0 Å². The average Bonchev–Trinajstić information content (AvgIpc) is 3.16. The quantitative estimate of drug-likeness (QED) is 0.569. The van der Waals surface area contributed by atoms with Crippen molar-refractivity contribution >= 4 is 15.9 Å². The number of aromatic nitrogens is 2. The van der Waals surface area contributed by atoms with Crippen molar-refractivity contribution < 1.29 is 0 Å². The lowest BCUT2D eigenvalue weighted by atomic mass is 10.1. The number of hydrogen-bond acceptors (Lipinski definition) is 4. The van der Waals surface area contributed by atoms with Crippen molar-refractivity contribution in [1.29, 1.82) is 0 Å². The molecule has 7 heteroatoms. The molecule has 23 heavy (non-hydrogen) atoms. The van der Waals surface area contributed by atoms with Crippen molar-refractivity contribution in [2.75, 3.05) is 0 Å². The summed E-state index contributed by atoms with van der Waals surface area (Å²) in [6.07, 6.45) is 5.98. The zero-order valence-electron chi connectivity index (χ0n) is 13.7. The first kappa shape index (κ1) is 16.6. The van der Waals surface area contributed by atoms with E-state index < -0.39 is 4.57 Å². The number of rotatable bonds is 5. The SMILES string of the molecule is CCCn1c(=O)c2c(n(CCC)c1=O)=NC(Br)(C1CCCC1)N=2. The summed E-state index contributed by atoms with van der Waals surface area (Å²) >= 11 is 3.66. The number of halogens is 1. The summed E-state index contributed by atoms with van der Waals surface area (Å²) in [7, 11) is 0. The van der Waals surface area contributed by atoms with Crippen molar-refractivity contribution in [3.8, 4) is 0 Å². The lowest BCUT2D eigenvalue weighted by Crippen LogP contribution is -2.57. The van der Waals surface area contributed by atoms with Gasteiger partial charge in [-0.2, -0.15) is 0 Å². The zero-order valence-corrected chi connectivity index (χ0v) is 15.3. The molecule has 6 nitrogen and oxygen atoms in total. The zero-order chi connectivity index (χ0) is 16.6. The van der Waals surface area contributed by atoms with Crippen LogP contribution in [0, 0.1) is 5.92 Å². The summed E-state index contributed by atoms with van der Waals surface area (Å²) in [6, 6.07) is 0. The molecule has 1 saturated carbocycles. The van der Waals surface area contributed by atoms with E-state index in [0.717, 1.165) is 25.7 Å². The first-order valence-corrected chi connectivity index (χ1v) is 9.33. The van der Waals surface area contributed by atoms with Crippen LogP contribution in [0.25, 0.3) is 0 Å². The number of fused-ring (bicyclic) bond motifs is 1. The third kappa shape index (κ3) is 2.73. The van der Waals surface area contributed by atoms with Crippen LogP contribution in [0.4, 0.5) is 0 Å². The van der Waals surface area contributed by atoms with Gasteiger partial charge >= 0.3 is 5.69 Å². The molecule has 0 bridgehead atoms. The van der Waals surface area contributed by atoms with E-state index >= 15 is 0 Å². The molecule has 2 heterocycles.